The van der Waals surface area contributed by atoms with Gasteiger partial charge in [-0.15, -0.1) is 0 Å². The van der Waals surface area contributed by atoms with Gasteiger partial charge in [0, 0.05) is 0 Å². The van der Waals surface area contributed by atoms with E-state index in [2.05, 4.69) is 53.8 Å². The minimum atomic E-state index is 0.696. The first-order valence-corrected chi connectivity index (χ1v) is 6.66. The van der Waals surface area contributed by atoms with Crippen LogP contribution in [-0.4, -0.2) is 30.8 Å². The van der Waals surface area contributed by atoms with E-state index < -0.39 is 0 Å². The molecule has 2 heteroatoms. The molecule has 0 spiro atoms. The van der Waals surface area contributed by atoms with Crippen molar-refractivity contribution < 1.29 is 0 Å². The molecule has 1 saturated heterocycles. The van der Waals surface area contributed by atoms with Gasteiger partial charge in [-0.2, -0.15) is 0 Å². The molecule has 1 aromatic carbocycles. The number of rotatable bonds is 4. The summed E-state index contributed by atoms with van der Waals surface area (Å²) in [7, 11) is 0. The molecule has 0 aromatic heterocycles. The Morgan fingerprint density at radius 3 is 2.62 bits per heavy atom. The Kier molecular flexibility index (Phi) is 4.38. The van der Waals surface area contributed by atoms with Crippen LogP contribution in [0.25, 0.3) is 0 Å². The molecule has 1 aliphatic heterocycles. The molecule has 0 N–H and O–H groups in total. The molecule has 2 rings (SSSR count). The Labute approximate surface area is 108 Å². The summed E-state index contributed by atoms with van der Waals surface area (Å²) in [6.45, 7) is 4.76. The summed E-state index contributed by atoms with van der Waals surface area (Å²) >= 11 is 2.36. The summed E-state index contributed by atoms with van der Waals surface area (Å²) < 4.78 is 0.696. The average molecular weight is 209 g/mol. The van der Waals surface area contributed by atoms with Gasteiger partial charge >= 0.3 is 108 Å². The summed E-state index contributed by atoms with van der Waals surface area (Å²) in [6, 6.07) is 8.97. The zero-order valence-electron chi connectivity index (χ0n) is 10.6. The van der Waals surface area contributed by atoms with Crippen molar-refractivity contribution in [1.82, 2.24) is 0 Å². The van der Waals surface area contributed by atoms with E-state index in [0.717, 1.165) is 0 Å². The molecule has 0 bridgehead atoms. The van der Waals surface area contributed by atoms with Gasteiger partial charge < -0.3 is 0 Å². The Morgan fingerprint density at radius 2 is 1.94 bits per heavy atom. The monoisotopic (exact) mass is 209 g/mol. The molecule has 1 aromatic rings. The molecule has 1 fully saturated rings. The van der Waals surface area contributed by atoms with E-state index in [1.165, 1.54) is 44.5 Å². The average Bonchev–Trinajstić information content (AvgIpc) is 2.83. The van der Waals surface area contributed by atoms with E-state index in [1.807, 2.05) is 0 Å². The van der Waals surface area contributed by atoms with Gasteiger partial charge in [0.05, 0.1) is 0 Å². The SMILES string of the molecule is [Li][CH](CCC)c1ccccc1N1CCCC1. The first-order chi connectivity index (χ1) is 7.83. The van der Waals surface area contributed by atoms with Crippen molar-refractivity contribution in [1.29, 1.82) is 0 Å². The molecule has 1 unspecified atom stereocenters. The quantitative estimate of drug-likeness (QED) is 0.688. The third kappa shape index (κ3) is 2.65. The van der Waals surface area contributed by atoms with Crippen molar-refractivity contribution in [2.24, 2.45) is 0 Å². The van der Waals surface area contributed by atoms with Crippen LogP contribution in [0.2, 0.25) is 0 Å². The molecule has 0 aliphatic carbocycles. The van der Waals surface area contributed by atoms with Gasteiger partial charge in [0.25, 0.3) is 0 Å². The predicted octanol–water partition coefficient (Wildman–Crippen LogP) is 3.30. The first-order valence-electron chi connectivity index (χ1n) is 6.66. The van der Waals surface area contributed by atoms with Crippen LogP contribution in [0.1, 0.15) is 42.8 Å². The summed E-state index contributed by atoms with van der Waals surface area (Å²) in [5, 5.41) is 0. The van der Waals surface area contributed by atoms with Crippen LogP contribution >= 0.6 is 0 Å². The Bertz CT molecular complexity index is 331. The van der Waals surface area contributed by atoms with Crippen molar-refractivity contribution in [3.05, 3.63) is 29.8 Å². The van der Waals surface area contributed by atoms with Crippen LogP contribution in [0.3, 0.4) is 0 Å². The molecule has 0 amide bonds. The number of anilines is 1. The fourth-order valence-corrected chi connectivity index (χ4v) is 2.74. The van der Waals surface area contributed by atoms with Crippen LogP contribution in [-0.2, 0) is 0 Å². The molecular formula is C14H20LiN. The van der Waals surface area contributed by atoms with Gasteiger partial charge in [-0.25, -0.2) is 0 Å². The van der Waals surface area contributed by atoms with Gasteiger partial charge in [0.15, 0.2) is 0 Å². The fraction of sp³-hybridized carbons (Fsp3) is 0.571. The van der Waals surface area contributed by atoms with Crippen LogP contribution in [0.5, 0.6) is 0 Å². The third-order valence-corrected chi connectivity index (χ3v) is 3.64. The van der Waals surface area contributed by atoms with E-state index in [9.17, 15) is 0 Å². The van der Waals surface area contributed by atoms with Crippen LogP contribution in [0.4, 0.5) is 5.69 Å². The Balaban J connectivity index is 2.22. The molecule has 0 radical (unpaired) electrons. The topological polar surface area (TPSA) is 3.24 Å². The van der Waals surface area contributed by atoms with E-state index in [4.69, 9.17) is 0 Å². The number of benzene rings is 1. The van der Waals surface area contributed by atoms with E-state index in [-0.39, 0.29) is 0 Å². The molecule has 1 atom stereocenters. The second-order valence-corrected chi connectivity index (χ2v) is 4.94. The number of para-hydroxylation sites is 1. The van der Waals surface area contributed by atoms with Crippen molar-refractivity contribution in [3.63, 3.8) is 0 Å². The van der Waals surface area contributed by atoms with Crippen molar-refractivity contribution >= 4 is 23.4 Å². The second kappa shape index (κ2) is 5.80. The van der Waals surface area contributed by atoms with Crippen LogP contribution in [0, 0.1) is 0 Å². The summed E-state index contributed by atoms with van der Waals surface area (Å²) in [5.41, 5.74) is 3.03. The third-order valence-electron chi connectivity index (χ3n) is 3.64. The van der Waals surface area contributed by atoms with E-state index in [0.29, 0.717) is 4.59 Å². The number of hydrogen-bond acceptors (Lipinski definition) is 1. The van der Waals surface area contributed by atoms with Crippen LogP contribution < -0.4 is 4.90 Å². The molecule has 1 nitrogen and oxygen atoms in total. The standard InChI is InChI=1S/C14H20N.Li/c1-2-3-8-13-9-4-5-10-14(13)15-11-6-7-12-15;/h4-5,8-10H,2-3,6-7,11-12H2,1H3;. The number of hydrogen-bond donors (Lipinski definition) is 0. The van der Waals surface area contributed by atoms with Gasteiger partial charge in [-0.1, -0.05) is 0 Å². The maximum atomic E-state index is 2.56. The van der Waals surface area contributed by atoms with E-state index in [1.54, 1.807) is 5.56 Å². The summed E-state index contributed by atoms with van der Waals surface area (Å²) in [5.74, 6) is 0. The van der Waals surface area contributed by atoms with Gasteiger partial charge in [-0.3, -0.25) is 0 Å². The van der Waals surface area contributed by atoms with E-state index >= 15 is 0 Å². The molecule has 82 valence electrons. The zero-order chi connectivity index (χ0) is 11.4. The van der Waals surface area contributed by atoms with Crippen molar-refractivity contribution in [2.75, 3.05) is 18.0 Å². The summed E-state index contributed by atoms with van der Waals surface area (Å²) in [6.07, 6.45) is 5.29. The normalized spacial score (nSPS) is 17.8. The van der Waals surface area contributed by atoms with Gasteiger partial charge in [-0.05, 0) is 0 Å². The molecule has 0 saturated carbocycles. The molecule has 1 heterocycles. The Hall–Kier alpha value is -0.383. The van der Waals surface area contributed by atoms with Gasteiger partial charge in [0.2, 0.25) is 0 Å². The maximum absolute atomic E-state index is 2.56. The van der Waals surface area contributed by atoms with Crippen molar-refractivity contribution in [3.8, 4) is 0 Å². The molecule has 16 heavy (non-hydrogen) atoms. The fourth-order valence-electron chi connectivity index (χ4n) is 2.74. The first kappa shape index (κ1) is 12.1. The Morgan fingerprint density at radius 1 is 1.25 bits per heavy atom. The molecular weight excluding hydrogens is 189 g/mol. The predicted molar refractivity (Wildman–Crippen MR) is 71.3 cm³/mol. The zero-order valence-corrected chi connectivity index (χ0v) is 10.6. The van der Waals surface area contributed by atoms with Gasteiger partial charge in [0.1, 0.15) is 0 Å². The number of nitrogens with zero attached hydrogens (tertiary/aromatic N) is 1. The molecule has 1 aliphatic rings. The van der Waals surface area contributed by atoms with Crippen LogP contribution in [0.15, 0.2) is 24.3 Å². The van der Waals surface area contributed by atoms with Crippen molar-refractivity contribution in [2.45, 2.75) is 37.2 Å². The minimum absolute atomic E-state index is 0.696. The second-order valence-electron chi connectivity index (χ2n) is 4.94. The summed E-state index contributed by atoms with van der Waals surface area (Å²) in [4.78, 5) is 2.56.